The number of hydrogen-bond donors (Lipinski definition) is 1. The summed E-state index contributed by atoms with van der Waals surface area (Å²) < 4.78 is 0. The molecule has 1 aromatic rings. The zero-order chi connectivity index (χ0) is 15.7. The minimum Gasteiger partial charge on any atom is -0.310 e. The predicted molar refractivity (Wildman–Crippen MR) is 92.8 cm³/mol. The van der Waals surface area contributed by atoms with Crippen LogP contribution >= 0.6 is 11.3 Å². The maximum Gasteiger partial charge on any atom is 0.107 e. The molecular weight excluding hydrogens is 280 g/mol. The van der Waals surface area contributed by atoms with E-state index in [0.29, 0.717) is 5.92 Å². The standard InChI is InChI=1S/C16H32N4S/c1-6-7-20(9-8-19(4)5)12-15-13-21-16(18-15)11-17-10-14(2)3/h13-14,17H,6-12H2,1-5H3. The highest BCUT2D eigenvalue weighted by atomic mass is 32.1. The molecular formula is C16H32N4S. The van der Waals surface area contributed by atoms with E-state index in [4.69, 9.17) is 4.98 Å². The van der Waals surface area contributed by atoms with Gasteiger partial charge in [0.15, 0.2) is 0 Å². The van der Waals surface area contributed by atoms with Gasteiger partial charge in [-0.05, 0) is 39.5 Å². The lowest BCUT2D eigenvalue weighted by Gasteiger charge is -2.22. The van der Waals surface area contributed by atoms with Gasteiger partial charge in [-0.1, -0.05) is 20.8 Å². The fraction of sp³-hybridized carbons (Fsp3) is 0.812. The summed E-state index contributed by atoms with van der Waals surface area (Å²) in [5, 5.41) is 6.88. The van der Waals surface area contributed by atoms with Crippen molar-refractivity contribution in [1.82, 2.24) is 20.1 Å². The SMILES string of the molecule is CCCN(CCN(C)C)Cc1csc(CNCC(C)C)n1. The van der Waals surface area contributed by atoms with Gasteiger partial charge in [-0.25, -0.2) is 4.98 Å². The van der Waals surface area contributed by atoms with Gasteiger partial charge in [-0.3, -0.25) is 4.90 Å². The average molecular weight is 313 g/mol. The highest BCUT2D eigenvalue weighted by Crippen LogP contribution is 2.12. The van der Waals surface area contributed by atoms with Gasteiger partial charge in [0.25, 0.3) is 0 Å². The summed E-state index contributed by atoms with van der Waals surface area (Å²) in [5.74, 6) is 0.690. The molecule has 0 spiro atoms. The summed E-state index contributed by atoms with van der Waals surface area (Å²) in [6, 6.07) is 0. The minimum absolute atomic E-state index is 0.690. The van der Waals surface area contributed by atoms with Crippen LogP contribution in [-0.2, 0) is 13.1 Å². The Hall–Kier alpha value is -0.490. The molecule has 0 aliphatic carbocycles. The lowest BCUT2D eigenvalue weighted by Crippen LogP contribution is -2.32. The molecule has 1 N–H and O–H groups in total. The van der Waals surface area contributed by atoms with E-state index in [1.54, 1.807) is 11.3 Å². The second-order valence-electron chi connectivity index (χ2n) is 6.34. The summed E-state index contributed by atoms with van der Waals surface area (Å²) in [7, 11) is 4.26. The predicted octanol–water partition coefficient (Wildman–Crippen LogP) is 2.66. The van der Waals surface area contributed by atoms with Crippen molar-refractivity contribution in [2.75, 3.05) is 40.3 Å². The van der Waals surface area contributed by atoms with E-state index in [2.05, 4.69) is 55.4 Å². The van der Waals surface area contributed by atoms with Crippen molar-refractivity contribution in [3.05, 3.63) is 16.1 Å². The van der Waals surface area contributed by atoms with Crippen molar-refractivity contribution >= 4 is 11.3 Å². The van der Waals surface area contributed by atoms with E-state index in [9.17, 15) is 0 Å². The number of hydrogen-bond acceptors (Lipinski definition) is 5. The third-order valence-electron chi connectivity index (χ3n) is 3.22. The Morgan fingerprint density at radius 2 is 2.00 bits per heavy atom. The first-order valence-corrected chi connectivity index (χ1v) is 8.90. The number of nitrogens with one attached hydrogen (secondary N) is 1. The van der Waals surface area contributed by atoms with Crippen LogP contribution in [0.5, 0.6) is 0 Å². The Morgan fingerprint density at radius 1 is 1.24 bits per heavy atom. The van der Waals surface area contributed by atoms with E-state index in [1.807, 2.05) is 0 Å². The molecule has 0 atom stereocenters. The van der Waals surface area contributed by atoms with E-state index < -0.39 is 0 Å². The van der Waals surface area contributed by atoms with Crippen LogP contribution in [0.1, 0.15) is 37.9 Å². The maximum absolute atomic E-state index is 4.76. The van der Waals surface area contributed by atoms with E-state index in [0.717, 1.165) is 39.3 Å². The fourth-order valence-corrected chi connectivity index (χ4v) is 2.88. The van der Waals surface area contributed by atoms with Gasteiger partial charge in [0.1, 0.15) is 5.01 Å². The first-order chi connectivity index (χ1) is 10.0. The van der Waals surface area contributed by atoms with Crippen LogP contribution in [0, 0.1) is 5.92 Å². The Labute approximate surface area is 134 Å². The van der Waals surface area contributed by atoms with Gasteiger partial charge in [0, 0.05) is 31.6 Å². The second-order valence-corrected chi connectivity index (χ2v) is 7.28. The summed E-state index contributed by atoms with van der Waals surface area (Å²) in [6.07, 6.45) is 1.19. The molecule has 0 aliphatic rings. The van der Waals surface area contributed by atoms with Crippen LogP contribution in [0.4, 0.5) is 0 Å². The molecule has 1 heterocycles. The zero-order valence-corrected chi connectivity index (χ0v) is 15.2. The van der Waals surface area contributed by atoms with Crippen LogP contribution in [0.2, 0.25) is 0 Å². The molecule has 1 rings (SSSR count). The van der Waals surface area contributed by atoms with Crippen LogP contribution in [-0.4, -0.2) is 55.1 Å². The third kappa shape index (κ3) is 8.51. The molecule has 0 amide bonds. The summed E-state index contributed by atoms with van der Waals surface area (Å²) in [4.78, 5) is 9.50. The molecule has 0 aromatic carbocycles. The molecule has 0 saturated heterocycles. The molecule has 4 nitrogen and oxygen atoms in total. The largest absolute Gasteiger partial charge is 0.310 e. The maximum atomic E-state index is 4.76. The highest BCUT2D eigenvalue weighted by molar-refractivity contribution is 7.09. The van der Waals surface area contributed by atoms with Gasteiger partial charge in [-0.2, -0.15) is 0 Å². The Balaban J connectivity index is 2.42. The van der Waals surface area contributed by atoms with Crippen molar-refractivity contribution in [3.8, 4) is 0 Å². The second kappa shape index (κ2) is 10.3. The molecule has 1 aromatic heterocycles. The van der Waals surface area contributed by atoms with E-state index in [-0.39, 0.29) is 0 Å². The molecule has 0 unspecified atom stereocenters. The van der Waals surface area contributed by atoms with Crippen molar-refractivity contribution in [2.45, 2.75) is 40.3 Å². The molecule has 0 radical (unpaired) electrons. The van der Waals surface area contributed by atoms with Crippen molar-refractivity contribution in [1.29, 1.82) is 0 Å². The summed E-state index contributed by atoms with van der Waals surface area (Å²) in [6.45, 7) is 13.0. The van der Waals surface area contributed by atoms with E-state index >= 15 is 0 Å². The van der Waals surface area contributed by atoms with Crippen molar-refractivity contribution in [3.63, 3.8) is 0 Å². The van der Waals surface area contributed by atoms with Crippen LogP contribution in [0.3, 0.4) is 0 Å². The van der Waals surface area contributed by atoms with Gasteiger partial charge < -0.3 is 10.2 Å². The molecule has 21 heavy (non-hydrogen) atoms. The zero-order valence-electron chi connectivity index (χ0n) is 14.4. The minimum atomic E-state index is 0.690. The Kier molecular flexibility index (Phi) is 9.08. The molecule has 0 bridgehead atoms. The van der Waals surface area contributed by atoms with Gasteiger partial charge in [0.2, 0.25) is 0 Å². The number of likely N-dealkylation sites (N-methyl/N-ethyl adjacent to an activating group) is 1. The van der Waals surface area contributed by atoms with Crippen LogP contribution in [0.15, 0.2) is 5.38 Å². The Morgan fingerprint density at radius 3 is 2.62 bits per heavy atom. The first kappa shape index (κ1) is 18.6. The quantitative estimate of drug-likeness (QED) is 0.681. The molecule has 122 valence electrons. The lowest BCUT2D eigenvalue weighted by atomic mass is 10.2. The van der Waals surface area contributed by atoms with Gasteiger partial charge >= 0.3 is 0 Å². The lowest BCUT2D eigenvalue weighted by molar-refractivity contribution is 0.232. The topological polar surface area (TPSA) is 31.4 Å². The van der Waals surface area contributed by atoms with Crippen molar-refractivity contribution < 1.29 is 0 Å². The first-order valence-electron chi connectivity index (χ1n) is 8.02. The van der Waals surface area contributed by atoms with Gasteiger partial charge in [-0.15, -0.1) is 11.3 Å². The molecule has 0 fully saturated rings. The Bertz CT molecular complexity index is 376. The normalized spacial score (nSPS) is 12.0. The molecule has 0 saturated carbocycles. The molecule has 5 heteroatoms. The third-order valence-corrected chi connectivity index (χ3v) is 4.11. The van der Waals surface area contributed by atoms with Crippen LogP contribution < -0.4 is 5.32 Å². The fourth-order valence-electron chi connectivity index (χ4n) is 2.13. The average Bonchev–Trinajstić information content (AvgIpc) is 2.83. The monoisotopic (exact) mass is 312 g/mol. The van der Waals surface area contributed by atoms with Crippen molar-refractivity contribution in [2.24, 2.45) is 5.92 Å². The molecule has 0 aliphatic heterocycles. The highest BCUT2D eigenvalue weighted by Gasteiger charge is 2.09. The smallest absolute Gasteiger partial charge is 0.107 e. The van der Waals surface area contributed by atoms with E-state index in [1.165, 1.54) is 17.1 Å². The summed E-state index contributed by atoms with van der Waals surface area (Å²) >= 11 is 1.77. The number of rotatable bonds is 11. The summed E-state index contributed by atoms with van der Waals surface area (Å²) in [5.41, 5.74) is 1.22. The van der Waals surface area contributed by atoms with Gasteiger partial charge in [0.05, 0.1) is 5.69 Å². The number of thiazole rings is 1. The number of nitrogens with zero attached hydrogens (tertiary/aromatic N) is 3. The van der Waals surface area contributed by atoms with Crippen LogP contribution in [0.25, 0.3) is 0 Å². The number of aromatic nitrogens is 1.